The maximum atomic E-state index is 14.1. The third-order valence-electron chi connectivity index (χ3n) is 6.32. The maximum absolute atomic E-state index is 14.1. The molecule has 1 N–H and O–H groups in total. The summed E-state index contributed by atoms with van der Waals surface area (Å²) < 4.78 is 53.0. The van der Waals surface area contributed by atoms with Crippen LogP contribution in [0.1, 0.15) is 33.0 Å². The number of carbonyl (C=O) groups excluding carboxylic acids is 1. The number of alkyl halides is 3. The van der Waals surface area contributed by atoms with E-state index in [4.69, 9.17) is 23.2 Å². The number of pyridine rings is 1. The van der Waals surface area contributed by atoms with Crippen LogP contribution in [0.5, 0.6) is 0 Å². The van der Waals surface area contributed by atoms with E-state index in [1.54, 1.807) is 24.1 Å². The van der Waals surface area contributed by atoms with Crippen LogP contribution in [0, 0.1) is 5.82 Å². The van der Waals surface area contributed by atoms with Crippen LogP contribution in [-0.2, 0) is 12.7 Å². The molecule has 1 unspecified atom stereocenters. The van der Waals surface area contributed by atoms with Crippen LogP contribution in [0.15, 0.2) is 59.5 Å². The third-order valence-corrected chi connectivity index (χ3v) is 7.06. The van der Waals surface area contributed by atoms with Crippen molar-refractivity contribution >= 4 is 29.1 Å². The number of likely N-dealkylation sites (tertiary alicyclic amines) is 1. The summed E-state index contributed by atoms with van der Waals surface area (Å²) in [5, 5.41) is 0.732. The molecule has 1 aromatic heterocycles. The van der Waals surface area contributed by atoms with E-state index >= 15 is 0 Å². The van der Waals surface area contributed by atoms with Gasteiger partial charge in [0.05, 0.1) is 21.2 Å². The molecule has 36 heavy (non-hydrogen) atoms. The molecule has 0 aliphatic carbocycles. The zero-order valence-corrected chi connectivity index (χ0v) is 20.5. The van der Waals surface area contributed by atoms with E-state index in [0.29, 0.717) is 34.3 Å². The summed E-state index contributed by atoms with van der Waals surface area (Å²) >= 11 is 12.3. The van der Waals surface area contributed by atoms with Gasteiger partial charge in [-0.1, -0.05) is 35.3 Å². The Morgan fingerprint density at radius 3 is 2.44 bits per heavy atom. The Balaban J connectivity index is 1.61. The lowest BCUT2D eigenvalue weighted by molar-refractivity contribution is -0.140. The topological polar surface area (TPSA) is 56.4 Å². The number of hydrogen-bond donors (Lipinski definition) is 1. The lowest BCUT2D eigenvalue weighted by Crippen LogP contribution is -2.38. The number of benzene rings is 2. The van der Waals surface area contributed by atoms with Gasteiger partial charge in [0.15, 0.2) is 0 Å². The first-order valence-corrected chi connectivity index (χ1v) is 11.7. The molecule has 5 nitrogen and oxygen atoms in total. The van der Waals surface area contributed by atoms with Crippen molar-refractivity contribution in [2.75, 3.05) is 20.1 Å². The van der Waals surface area contributed by atoms with E-state index in [0.717, 1.165) is 17.7 Å². The lowest BCUT2D eigenvalue weighted by atomic mass is 9.93. The maximum Gasteiger partial charge on any atom is 0.419 e. The van der Waals surface area contributed by atoms with Crippen molar-refractivity contribution in [2.45, 2.75) is 24.7 Å². The highest BCUT2D eigenvalue weighted by Crippen LogP contribution is 2.36. The molecule has 1 saturated heterocycles. The molecule has 3 aromatic rings. The molecular formula is C25H21Cl2F4N3O2. The van der Waals surface area contributed by atoms with Gasteiger partial charge in [-0.3, -0.25) is 14.5 Å². The second-order valence-corrected chi connectivity index (χ2v) is 9.54. The van der Waals surface area contributed by atoms with Crippen LogP contribution in [0.2, 0.25) is 10.0 Å². The smallest absolute Gasteiger partial charge is 0.336 e. The fraction of sp³-hybridized carbons (Fsp3) is 0.280. The highest BCUT2D eigenvalue weighted by molar-refractivity contribution is 6.42. The molecular weight excluding hydrogens is 521 g/mol. The Bertz CT molecular complexity index is 1330. The highest BCUT2D eigenvalue weighted by Gasteiger charge is 2.39. The largest absolute Gasteiger partial charge is 0.419 e. The van der Waals surface area contributed by atoms with E-state index < -0.39 is 17.6 Å². The number of aromatic amines is 1. The predicted molar refractivity (Wildman–Crippen MR) is 129 cm³/mol. The zero-order chi connectivity index (χ0) is 26.2. The first kappa shape index (κ1) is 26.2. The third kappa shape index (κ3) is 5.58. The van der Waals surface area contributed by atoms with Gasteiger partial charge in [-0.25, -0.2) is 4.39 Å². The van der Waals surface area contributed by atoms with Crippen LogP contribution in [-0.4, -0.2) is 46.9 Å². The molecule has 190 valence electrons. The van der Waals surface area contributed by atoms with Crippen LogP contribution >= 0.6 is 23.2 Å². The Kier molecular flexibility index (Phi) is 7.45. The minimum absolute atomic E-state index is 0.151. The van der Waals surface area contributed by atoms with E-state index in [9.17, 15) is 27.2 Å². The summed E-state index contributed by atoms with van der Waals surface area (Å²) in [5.74, 6) is -1.83. The van der Waals surface area contributed by atoms with Gasteiger partial charge in [-0.15, -0.1) is 0 Å². The van der Waals surface area contributed by atoms with E-state index in [1.165, 1.54) is 24.4 Å². The Morgan fingerprint density at radius 1 is 1.08 bits per heavy atom. The molecule has 1 amide bonds. The number of rotatable bonds is 5. The normalized spacial score (nSPS) is 18.2. The number of likely N-dealkylation sites (N-methyl/N-ethyl adjacent to an activating group) is 1. The van der Waals surface area contributed by atoms with Gasteiger partial charge in [0.1, 0.15) is 5.82 Å². The van der Waals surface area contributed by atoms with Crippen LogP contribution in [0.3, 0.4) is 0 Å². The monoisotopic (exact) mass is 541 g/mol. The standard InChI is InChI=1S/C25H21Cl2F4N3O2/c1-33(11-14-2-5-18(21(28)8-14)25(29,30)31)22-13-34(24(36)16-4-7-23(35)32-10-16)12-17(22)15-3-6-19(26)20(27)9-15/h2-10,17,22H,11-13H2,1H3,(H,32,35)/t17-,22?/m1/s1. The summed E-state index contributed by atoms with van der Waals surface area (Å²) in [6, 6.07) is 10.5. The second-order valence-electron chi connectivity index (χ2n) is 8.73. The fourth-order valence-corrected chi connectivity index (χ4v) is 4.79. The molecule has 0 spiro atoms. The predicted octanol–water partition coefficient (Wildman–Crippen LogP) is 5.58. The van der Waals surface area contributed by atoms with Gasteiger partial charge < -0.3 is 9.88 Å². The van der Waals surface area contributed by atoms with Crippen molar-refractivity contribution in [3.05, 3.63) is 103 Å². The molecule has 2 atom stereocenters. The summed E-state index contributed by atoms with van der Waals surface area (Å²) in [6.45, 7) is 0.771. The second kappa shape index (κ2) is 10.2. The number of aromatic nitrogens is 1. The minimum atomic E-state index is -4.78. The number of halogens is 6. The molecule has 11 heteroatoms. The van der Waals surface area contributed by atoms with Gasteiger partial charge in [-0.05, 0) is 48.5 Å². The summed E-state index contributed by atoms with van der Waals surface area (Å²) in [7, 11) is 1.76. The van der Waals surface area contributed by atoms with Crippen molar-refractivity contribution < 1.29 is 22.4 Å². The molecule has 0 bridgehead atoms. The number of amides is 1. The Morgan fingerprint density at radius 2 is 1.83 bits per heavy atom. The van der Waals surface area contributed by atoms with Gasteiger partial charge >= 0.3 is 6.18 Å². The van der Waals surface area contributed by atoms with Gasteiger partial charge in [-0.2, -0.15) is 13.2 Å². The fourth-order valence-electron chi connectivity index (χ4n) is 4.49. The van der Waals surface area contributed by atoms with Crippen LogP contribution < -0.4 is 5.56 Å². The van der Waals surface area contributed by atoms with Gasteiger partial charge in [0.2, 0.25) is 5.56 Å². The molecule has 2 aromatic carbocycles. The average Bonchev–Trinajstić information content (AvgIpc) is 3.26. The van der Waals surface area contributed by atoms with Gasteiger partial charge in [0, 0.05) is 43.9 Å². The number of nitrogens with one attached hydrogen (secondary N) is 1. The Labute approximate surface area is 214 Å². The molecule has 4 rings (SSSR count). The van der Waals surface area contributed by atoms with E-state index in [1.807, 2.05) is 11.0 Å². The lowest BCUT2D eigenvalue weighted by Gasteiger charge is -2.29. The van der Waals surface area contributed by atoms with Crippen LogP contribution in [0.4, 0.5) is 17.6 Å². The molecule has 2 heterocycles. The van der Waals surface area contributed by atoms with Crippen molar-refractivity contribution in [2.24, 2.45) is 0 Å². The number of nitrogens with zero attached hydrogens (tertiary/aromatic N) is 2. The average molecular weight is 542 g/mol. The SMILES string of the molecule is CN(Cc1ccc(C(F)(F)F)c(F)c1)C1CN(C(=O)c2ccc(=O)[nH]c2)C[C@@H]1c1ccc(Cl)c(Cl)c1. The van der Waals surface area contributed by atoms with Crippen molar-refractivity contribution in [1.29, 1.82) is 0 Å². The zero-order valence-electron chi connectivity index (χ0n) is 19.0. The van der Waals surface area contributed by atoms with Crippen molar-refractivity contribution in [1.82, 2.24) is 14.8 Å². The van der Waals surface area contributed by atoms with Gasteiger partial charge in [0.25, 0.3) is 5.91 Å². The van der Waals surface area contributed by atoms with Crippen molar-refractivity contribution in [3.63, 3.8) is 0 Å². The van der Waals surface area contributed by atoms with Crippen LogP contribution in [0.25, 0.3) is 0 Å². The first-order chi connectivity index (χ1) is 16.9. The summed E-state index contributed by atoms with van der Waals surface area (Å²) in [4.78, 5) is 30.5. The molecule has 1 aliphatic rings. The molecule has 0 radical (unpaired) electrons. The quantitative estimate of drug-likeness (QED) is 0.429. The Hall–Kier alpha value is -2.88. The number of H-pyrrole nitrogens is 1. The summed E-state index contributed by atoms with van der Waals surface area (Å²) in [6.07, 6.45) is -3.43. The minimum Gasteiger partial charge on any atom is -0.336 e. The molecule has 1 aliphatic heterocycles. The molecule has 1 fully saturated rings. The van der Waals surface area contributed by atoms with Crippen molar-refractivity contribution in [3.8, 4) is 0 Å². The number of carbonyl (C=O) groups is 1. The van der Waals surface area contributed by atoms with E-state index in [-0.39, 0.29) is 30.0 Å². The highest BCUT2D eigenvalue weighted by atomic mass is 35.5. The molecule has 0 saturated carbocycles. The van der Waals surface area contributed by atoms with E-state index in [2.05, 4.69) is 4.98 Å². The number of hydrogen-bond acceptors (Lipinski definition) is 3. The summed E-state index contributed by atoms with van der Waals surface area (Å²) in [5.41, 5.74) is -0.141. The first-order valence-electron chi connectivity index (χ1n) is 10.9.